The number of hydrogen-bond acceptors (Lipinski definition) is 2. The van der Waals surface area contributed by atoms with Gasteiger partial charge in [0.1, 0.15) is 5.69 Å². The predicted octanol–water partition coefficient (Wildman–Crippen LogP) is 2.02. The molecule has 0 atom stereocenters. The molecule has 1 rings (SSSR count). The summed E-state index contributed by atoms with van der Waals surface area (Å²) in [6, 6.07) is 0. The molecule has 0 radical (unpaired) electrons. The standard InChI is InChI=1S/C8H12N2O2.C2H6/c1-4-6-5(2)7(8(11)12)10(3)9-6;1-2/h4H2,1-3H3,(H,11,12);1-2H3. The number of aryl methyl sites for hydroxylation is 2. The lowest BCUT2D eigenvalue weighted by molar-refractivity contribution is 0.0684. The smallest absolute Gasteiger partial charge is 0.354 e. The highest BCUT2D eigenvalue weighted by Gasteiger charge is 2.16. The lowest BCUT2D eigenvalue weighted by Gasteiger charge is -1.94. The molecule has 14 heavy (non-hydrogen) atoms. The maximum atomic E-state index is 10.7. The summed E-state index contributed by atoms with van der Waals surface area (Å²) in [6.07, 6.45) is 0.771. The third-order valence-electron chi connectivity index (χ3n) is 1.92. The molecule has 0 aliphatic carbocycles. The fourth-order valence-corrected chi connectivity index (χ4v) is 1.32. The summed E-state index contributed by atoms with van der Waals surface area (Å²) in [6.45, 7) is 7.75. The van der Waals surface area contributed by atoms with Crippen LogP contribution in [0, 0.1) is 6.92 Å². The molecule has 0 saturated carbocycles. The predicted molar refractivity (Wildman–Crippen MR) is 55.6 cm³/mol. The molecule has 0 spiro atoms. The van der Waals surface area contributed by atoms with Crippen molar-refractivity contribution in [1.29, 1.82) is 0 Å². The number of rotatable bonds is 2. The Bertz CT molecular complexity index is 316. The van der Waals surface area contributed by atoms with Crippen molar-refractivity contribution < 1.29 is 9.90 Å². The largest absolute Gasteiger partial charge is 0.477 e. The van der Waals surface area contributed by atoms with Gasteiger partial charge in [-0.25, -0.2) is 4.79 Å². The molecule has 1 heterocycles. The van der Waals surface area contributed by atoms with Gasteiger partial charge < -0.3 is 5.11 Å². The number of aromatic carboxylic acids is 1. The molecule has 1 N–H and O–H groups in total. The minimum Gasteiger partial charge on any atom is -0.477 e. The van der Waals surface area contributed by atoms with Crippen molar-refractivity contribution in [2.24, 2.45) is 7.05 Å². The summed E-state index contributed by atoms with van der Waals surface area (Å²) >= 11 is 0. The van der Waals surface area contributed by atoms with Crippen molar-refractivity contribution in [3.8, 4) is 0 Å². The van der Waals surface area contributed by atoms with Gasteiger partial charge in [-0.2, -0.15) is 5.10 Å². The van der Waals surface area contributed by atoms with Gasteiger partial charge in [-0.05, 0) is 13.3 Å². The zero-order chi connectivity index (χ0) is 11.3. The SMILES string of the molecule is CC.CCc1nn(C)c(C(=O)O)c1C. The average Bonchev–Trinajstić information content (AvgIpc) is 2.44. The van der Waals surface area contributed by atoms with E-state index in [1.165, 1.54) is 4.68 Å². The summed E-state index contributed by atoms with van der Waals surface area (Å²) in [5, 5.41) is 12.9. The van der Waals surface area contributed by atoms with E-state index in [-0.39, 0.29) is 5.69 Å². The molecule has 0 aliphatic heterocycles. The molecule has 80 valence electrons. The van der Waals surface area contributed by atoms with Crippen LogP contribution in [0.15, 0.2) is 0 Å². The second-order valence-corrected chi connectivity index (χ2v) is 2.70. The first-order valence-electron chi connectivity index (χ1n) is 4.83. The van der Waals surface area contributed by atoms with Crippen LogP contribution in [-0.4, -0.2) is 20.9 Å². The van der Waals surface area contributed by atoms with Crippen molar-refractivity contribution >= 4 is 5.97 Å². The molecule has 1 aromatic rings. The van der Waals surface area contributed by atoms with Gasteiger partial charge in [-0.1, -0.05) is 20.8 Å². The Morgan fingerprint density at radius 3 is 2.21 bits per heavy atom. The highest BCUT2D eigenvalue weighted by Crippen LogP contribution is 2.12. The molecular weight excluding hydrogens is 180 g/mol. The Morgan fingerprint density at radius 2 is 2.00 bits per heavy atom. The molecule has 0 bridgehead atoms. The van der Waals surface area contributed by atoms with Gasteiger partial charge in [0.25, 0.3) is 0 Å². The van der Waals surface area contributed by atoms with E-state index in [2.05, 4.69) is 5.10 Å². The molecule has 0 saturated heterocycles. The second-order valence-electron chi connectivity index (χ2n) is 2.70. The highest BCUT2D eigenvalue weighted by molar-refractivity contribution is 5.87. The van der Waals surface area contributed by atoms with Crippen molar-refractivity contribution in [2.75, 3.05) is 0 Å². The summed E-state index contributed by atoms with van der Waals surface area (Å²) in [5.74, 6) is -0.915. The van der Waals surface area contributed by atoms with E-state index in [9.17, 15) is 4.79 Å². The van der Waals surface area contributed by atoms with Crippen LogP contribution in [0.1, 0.15) is 42.5 Å². The van der Waals surface area contributed by atoms with Gasteiger partial charge in [0.2, 0.25) is 0 Å². The fourth-order valence-electron chi connectivity index (χ4n) is 1.32. The van der Waals surface area contributed by atoms with Gasteiger partial charge >= 0.3 is 5.97 Å². The van der Waals surface area contributed by atoms with Crippen LogP contribution in [0.5, 0.6) is 0 Å². The Hall–Kier alpha value is -1.32. The first-order chi connectivity index (χ1) is 6.57. The number of hydrogen-bond donors (Lipinski definition) is 1. The van der Waals surface area contributed by atoms with E-state index < -0.39 is 5.97 Å². The zero-order valence-electron chi connectivity index (χ0n) is 9.46. The summed E-state index contributed by atoms with van der Waals surface area (Å²) < 4.78 is 1.41. The third-order valence-corrected chi connectivity index (χ3v) is 1.92. The number of carboxylic acid groups (broad SMARTS) is 1. The minimum atomic E-state index is -0.915. The normalized spacial score (nSPS) is 9.21. The first kappa shape index (κ1) is 12.7. The van der Waals surface area contributed by atoms with Crippen LogP contribution in [0.25, 0.3) is 0 Å². The molecule has 0 aliphatic rings. The summed E-state index contributed by atoms with van der Waals surface area (Å²) in [5.41, 5.74) is 1.91. The lowest BCUT2D eigenvalue weighted by Crippen LogP contribution is -2.06. The van der Waals surface area contributed by atoms with Crippen LogP contribution in [0.3, 0.4) is 0 Å². The zero-order valence-corrected chi connectivity index (χ0v) is 9.46. The molecule has 0 amide bonds. The van der Waals surface area contributed by atoms with E-state index in [1.807, 2.05) is 20.8 Å². The molecule has 0 unspecified atom stereocenters. The van der Waals surface area contributed by atoms with Crippen LogP contribution < -0.4 is 0 Å². The van der Waals surface area contributed by atoms with Crippen LogP contribution >= 0.6 is 0 Å². The van der Waals surface area contributed by atoms with E-state index in [4.69, 9.17) is 5.11 Å². The van der Waals surface area contributed by atoms with Crippen LogP contribution in [-0.2, 0) is 13.5 Å². The van der Waals surface area contributed by atoms with Gasteiger partial charge in [0.05, 0.1) is 5.69 Å². The minimum absolute atomic E-state index is 0.284. The van der Waals surface area contributed by atoms with E-state index in [0.717, 1.165) is 17.7 Å². The number of aromatic nitrogens is 2. The van der Waals surface area contributed by atoms with Gasteiger partial charge in [0, 0.05) is 12.6 Å². The molecule has 4 nitrogen and oxygen atoms in total. The van der Waals surface area contributed by atoms with Crippen molar-refractivity contribution in [2.45, 2.75) is 34.1 Å². The van der Waals surface area contributed by atoms with Crippen LogP contribution in [0.4, 0.5) is 0 Å². The van der Waals surface area contributed by atoms with Crippen molar-refractivity contribution in [3.05, 3.63) is 17.0 Å². The molecule has 0 fully saturated rings. The maximum absolute atomic E-state index is 10.7. The topological polar surface area (TPSA) is 55.1 Å². The lowest BCUT2D eigenvalue weighted by atomic mass is 10.2. The average molecular weight is 198 g/mol. The Morgan fingerprint density at radius 1 is 1.50 bits per heavy atom. The Balaban J connectivity index is 0.000000791. The second kappa shape index (κ2) is 5.42. The molecule has 0 aromatic carbocycles. The maximum Gasteiger partial charge on any atom is 0.354 e. The van der Waals surface area contributed by atoms with Gasteiger partial charge in [-0.3, -0.25) is 4.68 Å². The quantitative estimate of drug-likeness (QED) is 0.790. The number of nitrogens with zero attached hydrogens (tertiary/aromatic N) is 2. The van der Waals surface area contributed by atoms with Crippen molar-refractivity contribution in [3.63, 3.8) is 0 Å². The molecule has 1 aromatic heterocycles. The highest BCUT2D eigenvalue weighted by atomic mass is 16.4. The molecular formula is C10H18N2O2. The number of carboxylic acids is 1. The first-order valence-corrected chi connectivity index (χ1v) is 4.83. The molecule has 4 heteroatoms. The summed E-state index contributed by atoms with van der Waals surface area (Å²) in [4.78, 5) is 10.7. The van der Waals surface area contributed by atoms with E-state index >= 15 is 0 Å². The monoisotopic (exact) mass is 198 g/mol. The van der Waals surface area contributed by atoms with Gasteiger partial charge in [0.15, 0.2) is 0 Å². The summed E-state index contributed by atoms with van der Waals surface area (Å²) in [7, 11) is 1.65. The Kier molecular flexibility index (Phi) is 4.91. The number of carbonyl (C=O) groups is 1. The van der Waals surface area contributed by atoms with Gasteiger partial charge in [-0.15, -0.1) is 0 Å². The third kappa shape index (κ3) is 2.34. The van der Waals surface area contributed by atoms with Crippen LogP contribution in [0.2, 0.25) is 0 Å². The Labute approximate surface area is 84.6 Å². The fraction of sp³-hybridized carbons (Fsp3) is 0.600. The van der Waals surface area contributed by atoms with Crippen molar-refractivity contribution in [1.82, 2.24) is 9.78 Å². The van der Waals surface area contributed by atoms with E-state index in [1.54, 1.807) is 14.0 Å². The van der Waals surface area contributed by atoms with E-state index in [0.29, 0.717) is 0 Å².